The van der Waals surface area contributed by atoms with E-state index in [-0.39, 0.29) is 31.8 Å². The number of hydrogen-bond donors (Lipinski definition) is 9. The molecule has 0 radical (unpaired) electrons. The molecule has 15 nitrogen and oxygen atoms in total. The van der Waals surface area contributed by atoms with E-state index in [1.807, 2.05) is 0 Å². The molecule has 16 heteroatoms. The van der Waals surface area contributed by atoms with E-state index in [4.69, 9.17) is 32.5 Å². The number of aliphatic imine (C=N–C) groups is 1. The Hall–Kier alpha value is -3.11. The maximum atomic E-state index is 12.9. The number of carbonyl (C=O) groups excluding carboxylic acids is 3. The fourth-order valence-electron chi connectivity index (χ4n) is 2.57. The molecule has 194 valence electrons. The Kier molecular flexibility index (Phi) is 15.0. The quantitative estimate of drug-likeness (QED) is 0.0519. The minimum absolute atomic E-state index is 0.00778. The zero-order chi connectivity index (χ0) is 26.3. The molecular weight excluding hydrogens is 474 g/mol. The van der Waals surface area contributed by atoms with Gasteiger partial charge in [-0.1, -0.05) is 0 Å². The van der Waals surface area contributed by atoms with Crippen LogP contribution in [0.1, 0.15) is 25.7 Å². The van der Waals surface area contributed by atoms with Gasteiger partial charge in [-0.3, -0.25) is 24.2 Å². The molecule has 0 aliphatic heterocycles. The first-order valence-electron chi connectivity index (χ1n) is 10.2. The smallest absolute Gasteiger partial charge is 0.328 e. The summed E-state index contributed by atoms with van der Waals surface area (Å²) in [5, 5.41) is 33.9. The Bertz CT molecular complexity index is 748. The number of aliphatic carboxylic acids is 2. The topological polar surface area (TPSA) is 273 Å². The van der Waals surface area contributed by atoms with Crippen LogP contribution in [0.4, 0.5) is 0 Å². The summed E-state index contributed by atoms with van der Waals surface area (Å²) >= 11 is 1.39. The first kappa shape index (κ1) is 30.9. The molecule has 0 bridgehead atoms. The number of guanidine groups is 1. The van der Waals surface area contributed by atoms with E-state index in [0.29, 0.717) is 5.75 Å². The van der Waals surface area contributed by atoms with Crippen LogP contribution in [0, 0.1) is 0 Å². The van der Waals surface area contributed by atoms with Gasteiger partial charge in [0.15, 0.2) is 5.96 Å². The Morgan fingerprint density at radius 3 is 1.91 bits per heavy atom. The fourth-order valence-corrected chi connectivity index (χ4v) is 3.04. The van der Waals surface area contributed by atoms with Crippen LogP contribution in [0.3, 0.4) is 0 Å². The second-order valence-electron chi connectivity index (χ2n) is 7.14. The molecule has 0 aromatic carbocycles. The number of thioether (sulfide) groups is 1. The summed E-state index contributed by atoms with van der Waals surface area (Å²) < 4.78 is 0. The maximum Gasteiger partial charge on any atom is 0.328 e. The van der Waals surface area contributed by atoms with Gasteiger partial charge in [-0.15, -0.1) is 0 Å². The van der Waals surface area contributed by atoms with E-state index < -0.39 is 66.9 Å². The summed E-state index contributed by atoms with van der Waals surface area (Å²) in [5.41, 5.74) is 16.0. The van der Waals surface area contributed by atoms with E-state index in [2.05, 4.69) is 20.9 Å². The van der Waals surface area contributed by atoms with Crippen molar-refractivity contribution in [3.8, 4) is 0 Å². The lowest BCUT2D eigenvalue weighted by molar-refractivity contribution is -0.143. The van der Waals surface area contributed by atoms with Crippen LogP contribution in [0.25, 0.3) is 0 Å². The number of carboxylic acid groups (broad SMARTS) is 2. The number of hydrogen-bond acceptors (Lipinski definition) is 9. The number of rotatable bonds is 17. The van der Waals surface area contributed by atoms with Gasteiger partial charge in [-0.25, -0.2) is 4.79 Å². The van der Waals surface area contributed by atoms with Crippen LogP contribution in [0.15, 0.2) is 4.99 Å². The molecule has 0 saturated carbocycles. The van der Waals surface area contributed by atoms with Crippen molar-refractivity contribution >= 4 is 47.4 Å². The molecular formula is C18H33N7O8S. The second-order valence-corrected chi connectivity index (χ2v) is 8.12. The first-order chi connectivity index (χ1) is 15.9. The molecule has 0 aliphatic carbocycles. The van der Waals surface area contributed by atoms with Gasteiger partial charge in [0.1, 0.15) is 18.1 Å². The number of nitrogens with zero attached hydrogens (tertiary/aromatic N) is 1. The van der Waals surface area contributed by atoms with Gasteiger partial charge in [0.2, 0.25) is 17.7 Å². The summed E-state index contributed by atoms with van der Waals surface area (Å²) in [4.78, 5) is 63.4. The maximum absolute atomic E-state index is 12.9. The number of nitrogens with one attached hydrogen (secondary N) is 3. The largest absolute Gasteiger partial charge is 0.481 e. The third-order valence-electron chi connectivity index (χ3n) is 4.35. The number of aliphatic hydroxyl groups is 1. The van der Waals surface area contributed by atoms with E-state index in [1.54, 1.807) is 6.26 Å². The van der Waals surface area contributed by atoms with Crippen molar-refractivity contribution in [2.45, 2.75) is 49.9 Å². The number of amides is 3. The van der Waals surface area contributed by atoms with Crippen molar-refractivity contribution in [3.05, 3.63) is 0 Å². The van der Waals surface area contributed by atoms with Crippen LogP contribution >= 0.6 is 11.8 Å². The lowest BCUT2D eigenvalue weighted by Gasteiger charge is -2.24. The SMILES string of the molecule is CSCCC(NC(=O)C(N)CC(=O)O)C(=O)NC(CCCN=C(N)N)C(=O)NC(CO)C(=O)O. The molecule has 4 atom stereocenters. The third kappa shape index (κ3) is 12.8. The summed E-state index contributed by atoms with van der Waals surface area (Å²) in [6.07, 6.45) is 1.52. The van der Waals surface area contributed by atoms with Crippen LogP contribution in [0.2, 0.25) is 0 Å². The van der Waals surface area contributed by atoms with E-state index in [0.717, 1.165) is 0 Å². The van der Waals surface area contributed by atoms with E-state index in [9.17, 15) is 24.0 Å². The van der Waals surface area contributed by atoms with Gasteiger partial charge < -0.3 is 48.5 Å². The van der Waals surface area contributed by atoms with Crippen molar-refractivity contribution in [3.63, 3.8) is 0 Å². The van der Waals surface area contributed by atoms with E-state index in [1.165, 1.54) is 11.8 Å². The number of aliphatic hydroxyl groups excluding tert-OH is 1. The van der Waals surface area contributed by atoms with Crippen molar-refractivity contribution in [1.82, 2.24) is 16.0 Å². The zero-order valence-electron chi connectivity index (χ0n) is 18.7. The third-order valence-corrected chi connectivity index (χ3v) is 4.99. The van der Waals surface area contributed by atoms with Crippen molar-refractivity contribution < 1.29 is 39.3 Å². The summed E-state index contributed by atoms with van der Waals surface area (Å²) in [6, 6.07) is -5.36. The molecule has 34 heavy (non-hydrogen) atoms. The van der Waals surface area contributed by atoms with Gasteiger partial charge in [-0.2, -0.15) is 11.8 Å². The van der Waals surface area contributed by atoms with Crippen molar-refractivity contribution in [2.24, 2.45) is 22.2 Å². The molecule has 3 amide bonds. The first-order valence-corrected chi connectivity index (χ1v) is 11.6. The van der Waals surface area contributed by atoms with Crippen LogP contribution in [0.5, 0.6) is 0 Å². The van der Waals surface area contributed by atoms with Crippen LogP contribution < -0.4 is 33.2 Å². The molecule has 0 fully saturated rings. The Labute approximate surface area is 200 Å². The highest BCUT2D eigenvalue weighted by Crippen LogP contribution is 2.06. The molecule has 0 spiro atoms. The zero-order valence-corrected chi connectivity index (χ0v) is 19.5. The number of carboxylic acids is 2. The van der Waals surface area contributed by atoms with Crippen molar-refractivity contribution in [2.75, 3.05) is 25.2 Å². The Balaban J connectivity index is 5.49. The monoisotopic (exact) mass is 507 g/mol. The van der Waals surface area contributed by atoms with Gasteiger partial charge in [0.05, 0.1) is 19.1 Å². The Morgan fingerprint density at radius 2 is 1.44 bits per heavy atom. The van der Waals surface area contributed by atoms with Gasteiger partial charge >= 0.3 is 11.9 Å². The van der Waals surface area contributed by atoms with Crippen LogP contribution in [-0.2, 0) is 24.0 Å². The minimum Gasteiger partial charge on any atom is -0.481 e. The Morgan fingerprint density at radius 1 is 0.912 bits per heavy atom. The average molecular weight is 508 g/mol. The highest BCUT2D eigenvalue weighted by Gasteiger charge is 2.30. The van der Waals surface area contributed by atoms with Crippen LogP contribution in [-0.4, -0.2) is 100 Å². The summed E-state index contributed by atoms with van der Waals surface area (Å²) in [7, 11) is 0. The predicted molar refractivity (Wildman–Crippen MR) is 124 cm³/mol. The second kappa shape index (κ2) is 16.5. The molecule has 0 aromatic heterocycles. The molecule has 0 rings (SSSR count). The molecule has 0 heterocycles. The van der Waals surface area contributed by atoms with Crippen molar-refractivity contribution in [1.29, 1.82) is 0 Å². The van der Waals surface area contributed by atoms with Gasteiger partial charge in [0, 0.05) is 6.54 Å². The molecule has 0 aliphatic rings. The van der Waals surface area contributed by atoms with Gasteiger partial charge in [-0.05, 0) is 31.3 Å². The highest BCUT2D eigenvalue weighted by molar-refractivity contribution is 7.98. The normalized spacial score (nSPS) is 14.1. The highest BCUT2D eigenvalue weighted by atomic mass is 32.2. The minimum atomic E-state index is -1.59. The average Bonchev–Trinajstić information content (AvgIpc) is 2.75. The lowest BCUT2D eigenvalue weighted by Crippen LogP contribution is -2.57. The van der Waals surface area contributed by atoms with Gasteiger partial charge in [0.25, 0.3) is 0 Å². The molecule has 0 saturated heterocycles. The lowest BCUT2D eigenvalue weighted by atomic mass is 10.1. The predicted octanol–water partition coefficient (Wildman–Crippen LogP) is -3.87. The molecule has 0 aromatic rings. The fraction of sp³-hybridized carbons (Fsp3) is 0.667. The van der Waals surface area contributed by atoms with E-state index >= 15 is 0 Å². The molecule has 12 N–H and O–H groups in total. The number of nitrogens with two attached hydrogens (primary N) is 3. The molecule has 4 unspecified atom stereocenters. The summed E-state index contributed by atoms with van der Waals surface area (Å²) in [5.74, 6) is -4.99. The summed E-state index contributed by atoms with van der Waals surface area (Å²) in [6.45, 7) is -0.745. The standard InChI is InChI=1S/C18H33N7O8S/c1-34-6-4-11(23-14(29)9(19)7-13(27)28)16(31)24-10(3-2-5-22-18(20)21)15(30)25-12(8-26)17(32)33/h9-12,26H,2-8,19H2,1H3,(H,23,29)(H,24,31)(H,25,30)(H,27,28)(H,32,33)(H4,20,21,22). The number of carbonyl (C=O) groups is 5.